The van der Waals surface area contributed by atoms with E-state index < -0.39 is 0 Å². The summed E-state index contributed by atoms with van der Waals surface area (Å²) in [5.41, 5.74) is 18.8. The summed E-state index contributed by atoms with van der Waals surface area (Å²) < 4.78 is 0. The molecule has 4 aliphatic carbocycles. The Bertz CT molecular complexity index is 2600. The van der Waals surface area contributed by atoms with Gasteiger partial charge in [0.1, 0.15) is 0 Å². The van der Waals surface area contributed by atoms with Gasteiger partial charge in [0.25, 0.3) is 0 Å². The topological polar surface area (TPSA) is 3.24 Å². The van der Waals surface area contributed by atoms with Crippen LogP contribution in [0.1, 0.15) is 17.0 Å². The van der Waals surface area contributed by atoms with Gasteiger partial charge in [-0.25, -0.2) is 0 Å². The monoisotopic (exact) mass is 635 g/mol. The number of hydrogen-bond donors (Lipinski definition) is 0. The molecule has 0 aliphatic heterocycles. The molecule has 7 aromatic carbocycles. The van der Waals surface area contributed by atoms with E-state index in [1.807, 2.05) is 0 Å². The Balaban J connectivity index is 1.21. The third-order valence-corrected chi connectivity index (χ3v) is 11.5. The van der Waals surface area contributed by atoms with Crippen LogP contribution >= 0.6 is 0 Å². The zero-order chi connectivity index (χ0) is 32.9. The van der Waals surface area contributed by atoms with E-state index in [4.69, 9.17) is 0 Å². The first-order chi connectivity index (χ1) is 24.8. The Morgan fingerprint density at radius 2 is 1.06 bits per heavy atom. The molecule has 0 fully saturated rings. The molecule has 0 saturated carbocycles. The van der Waals surface area contributed by atoms with Crippen LogP contribution in [0.5, 0.6) is 0 Å². The molecule has 1 nitrogen and oxygen atoms in total. The highest BCUT2D eigenvalue weighted by Gasteiger charge is 2.39. The zero-order valence-corrected chi connectivity index (χ0v) is 27.8. The Morgan fingerprint density at radius 3 is 1.70 bits per heavy atom. The summed E-state index contributed by atoms with van der Waals surface area (Å²) >= 11 is 0. The summed E-state index contributed by atoms with van der Waals surface area (Å²) in [5, 5.41) is 5.40. The summed E-state index contributed by atoms with van der Waals surface area (Å²) in [5.74, 6) is 0.211. The molecule has 0 spiro atoms. The molecule has 0 radical (unpaired) electrons. The van der Waals surface area contributed by atoms with Crippen LogP contribution in [0.4, 0.5) is 5.69 Å². The predicted molar refractivity (Wildman–Crippen MR) is 211 cm³/mol. The first-order valence-electron chi connectivity index (χ1n) is 17.7. The van der Waals surface area contributed by atoms with Gasteiger partial charge >= 0.3 is 0 Å². The molecule has 2 atom stereocenters. The molecule has 1 heteroatoms. The van der Waals surface area contributed by atoms with Crippen molar-refractivity contribution in [3.05, 3.63) is 192 Å². The highest BCUT2D eigenvalue weighted by molar-refractivity contribution is 6.29. The third kappa shape index (κ3) is 3.67. The van der Waals surface area contributed by atoms with Crippen molar-refractivity contribution in [2.24, 2.45) is 0 Å². The Labute approximate surface area is 292 Å². The molecule has 11 rings (SSSR count). The van der Waals surface area contributed by atoms with Crippen LogP contribution in [0, 0.1) is 0 Å². The Morgan fingerprint density at radius 1 is 0.500 bits per heavy atom. The van der Waals surface area contributed by atoms with Crippen LogP contribution in [0.3, 0.4) is 0 Å². The molecule has 234 valence electrons. The molecular weight excluding hydrogens is 603 g/mol. The van der Waals surface area contributed by atoms with Crippen molar-refractivity contribution in [3.8, 4) is 44.5 Å². The highest BCUT2D eigenvalue weighted by atomic mass is 15.1. The molecule has 0 saturated heterocycles. The Kier molecular flexibility index (Phi) is 5.77. The van der Waals surface area contributed by atoms with E-state index in [1.165, 1.54) is 99.6 Å². The zero-order valence-electron chi connectivity index (χ0n) is 27.8. The van der Waals surface area contributed by atoms with E-state index in [9.17, 15) is 0 Å². The van der Waals surface area contributed by atoms with Crippen molar-refractivity contribution in [1.29, 1.82) is 0 Å². The van der Waals surface area contributed by atoms with Crippen LogP contribution in [0.2, 0.25) is 0 Å². The van der Waals surface area contributed by atoms with Crippen molar-refractivity contribution in [1.82, 2.24) is 0 Å². The van der Waals surface area contributed by atoms with E-state index in [0.717, 1.165) is 0 Å². The average Bonchev–Trinajstić information content (AvgIpc) is 3.52. The minimum atomic E-state index is 0.174. The van der Waals surface area contributed by atoms with Crippen LogP contribution in [-0.4, -0.2) is 13.1 Å². The quantitative estimate of drug-likeness (QED) is 0.186. The largest absolute Gasteiger partial charge is 0.364 e. The smallest absolute Gasteiger partial charge is 0.0729 e. The van der Waals surface area contributed by atoms with Crippen molar-refractivity contribution in [2.45, 2.75) is 12.0 Å². The van der Waals surface area contributed by atoms with E-state index >= 15 is 0 Å². The average molecular weight is 636 g/mol. The summed E-state index contributed by atoms with van der Waals surface area (Å²) in [6, 6.07) is 51.7. The summed E-state index contributed by atoms with van der Waals surface area (Å²) in [7, 11) is 2.22. The first kappa shape index (κ1) is 27.7. The van der Waals surface area contributed by atoms with Gasteiger partial charge in [0, 0.05) is 18.7 Å². The first-order valence-corrected chi connectivity index (χ1v) is 17.7. The second-order valence-corrected chi connectivity index (χ2v) is 14.0. The second kappa shape index (κ2) is 10.4. The van der Waals surface area contributed by atoms with Crippen molar-refractivity contribution in [3.63, 3.8) is 0 Å². The van der Waals surface area contributed by atoms with Gasteiger partial charge in [-0.1, -0.05) is 158 Å². The third-order valence-electron chi connectivity index (χ3n) is 11.5. The summed E-state index contributed by atoms with van der Waals surface area (Å²) in [6.07, 6.45) is 11.9. The van der Waals surface area contributed by atoms with Gasteiger partial charge in [-0.2, -0.15) is 0 Å². The molecule has 7 aromatic rings. The van der Waals surface area contributed by atoms with E-state index in [1.54, 1.807) is 0 Å². The lowest BCUT2D eigenvalue weighted by molar-refractivity contribution is 0.815. The number of allylic oxidation sites excluding steroid dienone is 5. The highest BCUT2D eigenvalue weighted by Crippen LogP contribution is 2.61. The predicted octanol–water partition coefficient (Wildman–Crippen LogP) is 12.4. The number of likely N-dealkylation sites (N-methyl/N-ethyl adjacent to an activating group) is 1. The molecule has 0 N–H and O–H groups in total. The molecule has 2 unspecified atom stereocenters. The number of anilines is 1. The normalized spacial score (nSPS) is 17.6. The van der Waals surface area contributed by atoms with Gasteiger partial charge < -0.3 is 4.90 Å². The summed E-state index contributed by atoms with van der Waals surface area (Å²) in [4.78, 5) is 2.41. The van der Waals surface area contributed by atoms with Crippen molar-refractivity contribution >= 4 is 32.8 Å². The summed E-state index contributed by atoms with van der Waals surface area (Å²) in [6.45, 7) is 0. The lowest BCUT2D eigenvalue weighted by Gasteiger charge is -2.40. The second-order valence-electron chi connectivity index (χ2n) is 14.0. The van der Waals surface area contributed by atoms with E-state index in [2.05, 4.69) is 182 Å². The maximum absolute atomic E-state index is 2.45. The van der Waals surface area contributed by atoms with Crippen LogP contribution in [-0.2, 0) is 0 Å². The molecule has 0 amide bonds. The molecule has 0 aromatic heterocycles. The van der Waals surface area contributed by atoms with E-state index in [-0.39, 0.29) is 12.0 Å². The number of benzene rings is 7. The number of fused-ring (bicyclic) bond motifs is 6. The SMILES string of the molecule is CN(c1ccccc1)C1C=CC2=C3C1=CC=CC3c1ccc3c4c(ccc2c14)-c1c-3c(-c2ccccc2)c2ccccc2c1-c1ccccc1. The minimum Gasteiger partial charge on any atom is -0.364 e. The fraction of sp³-hybridized carbons (Fsp3) is 0.0612. The lowest BCUT2D eigenvalue weighted by atomic mass is 9.68. The van der Waals surface area contributed by atoms with E-state index in [0.29, 0.717) is 0 Å². The number of rotatable bonds is 4. The van der Waals surface area contributed by atoms with Gasteiger partial charge in [-0.3, -0.25) is 0 Å². The van der Waals surface area contributed by atoms with Crippen molar-refractivity contribution in [2.75, 3.05) is 11.9 Å². The van der Waals surface area contributed by atoms with Crippen LogP contribution in [0.25, 0.3) is 71.6 Å². The van der Waals surface area contributed by atoms with Gasteiger partial charge in [0.15, 0.2) is 0 Å². The molecule has 4 aliphatic rings. The molecular formula is C49H33N. The van der Waals surface area contributed by atoms with Crippen molar-refractivity contribution < 1.29 is 0 Å². The fourth-order valence-electron chi connectivity index (χ4n) is 9.46. The number of hydrogen-bond acceptors (Lipinski definition) is 1. The standard InChI is InChI=1S/C49H33N/c1-50(32-18-9-4-10-19-32)42-29-28-36-38-25-27-41-47-40(26-24-37(46(38)47)35-22-13-23-39(42)45(35)36)48-43(30-14-5-2-6-15-30)33-20-11-12-21-34(33)44(49(41)48)31-16-7-3-8-17-31/h2-29,35,42H,1H3. The Hall–Kier alpha value is -6.18. The minimum absolute atomic E-state index is 0.174. The molecule has 0 bridgehead atoms. The van der Waals surface area contributed by atoms with Gasteiger partial charge in [-0.15, -0.1) is 0 Å². The van der Waals surface area contributed by atoms with Gasteiger partial charge in [0.2, 0.25) is 0 Å². The number of para-hydroxylation sites is 1. The van der Waals surface area contributed by atoms with Gasteiger partial charge in [0.05, 0.1) is 6.04 Å². The molecule has 50 heavy (non-hydrogen) atoms. The number of nitrogens with zero attached hydrogens (tertiary/aromatic N) is 1. The molecule has 0 heterocycles. The maximum atomic E-state index is 2.45. The van der Waals surface area contributed by atoms with Gasteiger partial charge in [-0.05, 0) is 106 Å². The van der Waals surface area contributed by atoms with Crippen LogP contribution in [0.15, 0.2) is 181 Å². The van der Waals surface area contributed by atoms with Crippen LogP contribution < -0.4 is 4.90 Å². The fourth-order valence-corrected chi connectivity index (χ4v) is 9.46. The lowest BCUT2D eigenvalue weighted by Crippen LogP contribution is -2.35. The maximum Gasteiger partial charge on any atom is 0.0729 e.